The molecule has 0 aromatic rings. The molecule has 1 N–H and O–H groups in total. The van der Waals surface area contributed by atoms with E-state index in [1.54, 1.807) is 0 Å². The summed E-state index contributed by atoms with van der Waals surface area (Å²) in [6, 6.07) is 0. The molecule has 154 valence electrons. The molecule has 0 atom stereocenters. The van der Waals surface area contributed by atoms with Crippen molar-refractivity contribution in [2.75, 3.05) is 33.0 Å². The Hall–Kier alpha value is -0.940. The van der Waals surface area contributed by atoms with Crippen molar-refractivity contribution in [3.63, 3.8) is 0 Å². The van der Waals surface area contributed by atoms with Crippen molar-refractivity contribution < 1.29 is 20.5 Å². The van der Waals surface area contributed by atoms with Crippen LogP contribution in [0, 0.1) is 17.8 Å². The predicted molar refractivity (Wildman–Crippen MR) is 106 cm³/mol. The summed E-state index contributed by atoms with van der Waals surface area (Å²) in [5, 5.41) is 3.02. The van der Waals surface area contributed by atoms with E-state index in [0.717, 1.165) is 64.8 Å². The van der Waals surface area contributed by atoms with Gasteiger partial charge in [0, 0.05) is 52.7 Å². The second-order valence-electron chi connectivity index (χ2n) is 7.80. The molecule has 26 heavy (non-hydrogen) atoms. The second-order valence-corrected chi connectivity index (χ2v) is 7.80. The molecule has 1 aliphatic rings. The Morgan fingerprint density at radius 1 is 0.962 bits per heavy atom. The van der Waals surface area contributed by atoms with Crippen LogP contribution in [0.15, 0.2) is 0 Å². The van der Waals surface area contributed by atoms with Gasteiger partial charge in [0.25, 0.3) is 0 Å². The zero-order valence-electron chi connectivity index (χ0n) is 17.1. The summed E-state index contributed by atoms with van der Waals surface area (Å²) in [6.45, 7) is 9.98. The quantitative estimate of drug-likeness (QED) is 0.469. The van der Waals surface area contributed by atoms with E-state index < -0.39 is 0 Å². The van der Waals surface area contributed by atoms with Crippen LogP contribution in [-0.2, 0) is 19.1 Å². The SMILES string of the molecule is CCC(=O)C1CCC(C(=O)NCCCOCCCCOCC(C)C)CC1.[HH]. The molecule has 5 heteroatoms. The summed E-state index contributed by atoms with van der Waals surface area (Å²) < 4.78 is 11.1. The first kappa shape index (κ1) is 23.1. The van der Waals surface area contributed by atoms with E-state index in [1.807, 2.05) is 6.92 Å². The Morgan fingerprint density at radius 3 is 2.15 bits per heavy atom. The Balaban J connectivity index is 0.00000676. The minimum absolute atomic E-state index is 0. The highest BCUT2D eigenvalue weighted by atomic mass is 16.5. The lowest BCUT2D eigenvalue weighted by atomic mass is 9.79. The number of rotatable bonds is 14. The number of hydrogen-bond acceptors (Lipinski definition) is 4. The molecule has 0 spiro atoms. The van der Waals surface area contributed by atoms with Crippen molar-refractivity contribution in [2.24, 2.45) is 17.8 Å². The summed E-state index contributed by atoms with van der Waals surface area (Å²) in [5.74, 6) is 1.37. The Bertz CT molecular complexity index is 396. The van der Waals surface area contributed by atoms with Crippen LogP contribution in [0.25, 0.3) is 0 Å². The van der Waals surface area contributed by atoms with Crippen LogP contribution in [-0.4, -0.2) is 44.7 Å². The first-order valence-corrected chi connectivity index (χ1v) is 10.5. The average Bonchev–Trinajstić information content (AvgIpc) is 2.65. The van der Waals surface area contributed by atoms with Gasteiger partial charge in [0.15, 0.2) is 0 Å². The summed E-state index contributed by atoms with van der Waals surface area (Å²) in [5.41, 5.74) is 0. The highest BCUT2D eigenvalue weighted by Gasteiger charge is 2.28. The highest BCUT2D eigenvalue weighted by molar-refractivity contribution is 5.82. The molecule has 1 aliphatic carbocycles. The van der Waals surface area contributed by atoms with E-state index >= 15 is 0 Å². The summed E-state index contributed by atoms with van der Waals surface area (Å²) in [7, 11) is 0. The van der Waals surface area contributed by atoms with Crippen LogP contribution < -0.4 is 5.32 Å². The fourth-order valence-electron chi connectivity index (χ4n) is 3.33. The van der Waals surface area contributed by atoms with Crippen LogP contribution in [0.3, 0.4) is 0 Å². The molecule has 0 aromatic heterocycles. The van der Waals surface area contributed by atoms with Gasteiger partial charge in [0.05, 0.1) is 0 Å². The topological polar surface area (TPSA) is 64.6 Å². The van der Waals surface area contributed by atoms with Crippen molar-refractivity contribution in [2.45, 2.75) is 72.1 Å². The first-order valence-electron chi connectivity index (χ1n) is 10.5. The zero-order valence-corrected chi connectivity index (χ0v) is 17.1. The lowest BCUT2D eigenvalue weighted by Crippen LogP contribution is -2.35. The van der Waals surface area contributed by atoms with Gasteiger partial charge in [-0.1, -0.05) is 20.8 Å². The molecule has 0 aliphatic heterocycles. The normalized spacial score (nSPS) is 20.3. The first-order chi connectivity index (χ1) is 12.5. The summed E-state index contributed by atoms with van der Waals surface area (Å²) in [4.78, 5) is 23.9. The number of ether oxygens (including phenoxy) is 2. The third-order valence-electron chi connectivity index (χ3n) is 4.94. The maximum absolute atomic E-state index is 12.2. The number of unbranched alkanes of at least 4 members (excludes halogenated alkanes) is 1. The Kier molecular flexibility index (Phi) is 12.6. The standard InChI is InChI=1S/C21H39NO4.H2/c1-4-20(23)18-8-10-19(11-9-18)21(24)22-12-7-15-25-13-5-6-14-26-16-17(2)3;/h17-19H,4-16H2,1-3H3,(H,22,24);1H. The second kappa shape index (κ2) is 14.2. The van der Waals surface area contributed by atoms with Gasteiger partial charge < -0.3 is 14.8 Å². The van der Waals surface area contributed by atoms with E-state index in [9.17, 15) is 9.59 Å². The zero-order chi connectivity index (χ0) is 19.2. The molecule has 0 heterocycles. The molecule has 0 aromatic carbocycles. The molecule has 5 nitrogen and oxygen atoms in total. The lowest BCUT2D eigenvalue weighted by molar-refractivity contribution is -0.129. The van der Waals surface area contributed by atoms with E-state index in [0.29, 0.717) is 31.3 Å². The van der Waals surface area contributed by atoms with Gasteiger partial charge in [0.2, 0.25) is 5.91 Å². The monoisotopic (exact) mass is 371 g/mol. The van der Waals surface area contributed by atoms with E-state index in [4.69, 9.17) is 9.47 Å². The fraction of sp³-hybridized carbons (Fsp3) is 0.905. The van der Waals surface area contributed by atoms with Crippen molar-refractivity contribution in [3.05, 3.63) is 0 Å². The Labute approximate surface area is 161 Å². The van der Waals surface area contributed by atoms with Crippen LogP contribution in [0.4, 0.5) is 0 Å². The molecule has 1 rings (SSSR count). The van der Waals surface area contributed by atoms with E-state index in [-0.39, 0.29) is 19.2 Å². The van der Waals surface area contributed by atoms with Gasteiger partial charge in [-0.05, 0) is 50.9 Å². The number of ketones is 1. The molecule has 1 amide bonds. The molecule has 0 bridgehead atoms. The Morgan fingerprint density at radius 2 is 1.54 bits per heavy atom. The predicted octanol–water partition coefficient (Wildman–Crippen LogP) is 3.99. The summed E-state index contributed by atoms with van der Waals surface area (Å²) in [6.07, 6.45) is 6.95. The van der Waals surface area contributed by atoms with Crippen LogP contribution >= 0.6 is 0 Å². The molecule has 1 saturated carbocycles. The smallest absolute Gasteiger partial charge is 0.223 e. The van der Waals surface area contributed by atoms with Gasteiger partial charge in [-0.3, -0.25) is 9.59 Å². The number of carbonyl (C=O) groups is 2. The van der Waals surface area contributed by atoms with Gasteiger partial charge in [-0.15, -0.1) is 0 Å². The van der Waals surface area contributed by atoms with Crippen molar-refractivity contribution in [1.29, 1.82) is 0 Å². The molecular formula is C21H41NO4. The van der Waals surface area contributed by atoms with Crippen LogP contribution in [0.5, 0.6) is 0 Å². The molecule has 1 fully saturated rings. The van der Waals surface area contributed by atoms with Gasteiger partial charge in [-0.2, -0.15) is 0 Å². The minimum Gasteiger partial charge on any atom is -0.381 e. The third kappa shape index (κ3) is 10.3. The maximum atomic E-state index is 12.2. The van der Waals surface area contributed by atoms with Gasteiger partial charge >= 0.3 is 0 Å². The fourth-order valence-corrected chi connectivity index (χ4v) is 3.33. The molecule has 0 unspecified atom stereocenters. The molecular weight excluding hydrogens is 330 g/mol. The number of hydrogen-bond donors (Lipinski definition) is 1. The maximum Gasteiger partial charge on any atom is 0.223 e. The van der Waals surface area contributed by atoms with Crippen LogP contribution in [0.1, 0.15) is 73.6 Å². The van der Waals surface area contributed by atoms with Crippen molar-refractivity contribution in [3.8, 4) is 0 Å². The number of nitrogens with one attached hydrogen (secondary N) is 1. The highest BCUT2D eigenvalue weighted by Crippen LogP contribution is 2.30. The van der Waals surface area contributed by atoms with Crippen molar-refractivity contribution in [1.82, 2.24) is 5.32 Å². The number of carbonyl (C=O) groups excluding carboxylic acids is 2. The molecule has 0 radical (unpaired) electrons. The van der Waals surface area contributed by atoms with E-state index in [2.05, 4.69) is 19.2 Å². The van der Waals surface area contributed by atoms with Crippen molar-refractivity contribution >= 4 is 11.7 Å². The summed E-state index contributed by atoms with van der Waals surface area (Å²) >= 11 is 0. The lowest BCUT2D eigenvalue weighted by Gasteiger charge is -2.26. The van der Waals surface area contributed by atoms with Gasteiger partial charge in [0.1, 0.15) is 5.78 Å². The third-order valence-corrected chi connectivity index (χ3v) is 4.94. The van der Waals surface area contributed by atoms with E-state index in [1.165, 1.54) is 0 Å². The number of Topliss-reactive ketones (excluding diaryl/α,β-unsaturated/α-hetero) is 1. The van der Waals surface area contributed by atoms with Crippen LogP contribution in [0.2, 0.25) is 0 Å². The average molecular weight is 372 g/mol. The minimum atomic E-state index is 0. The number of amides is 1. The van der Waals surface area contributed by atoms with Gasteiger partial charge in [-0.25, -0.2) is 0 Å². The largest absolute Gasteiger partial charge is 0.381 e. The molecule has 0 saturated heterocycles.